The zero-order valence-corrected chi connectivity index (χ0v) is 14.3. The van der Waals surface area contributed by atoms with E-state index in [1.807, 2.05) is 0 Å². The van der Waals surface area contributed by atoms with Crippen LogP contribution >= 0.6 is 0 Å². The Morgan fingerprint density at radius 3 is 2.29 bits per heavy atom. The van der Waals surface area contributed by atoms with Crippen molar-refractivity contribution in [3.8, 4) is 0 Å². The predicted octanol–water partition coefficient (Wildman–Crippen LogP) is 1.63. The van der Waals surface area contributed by atoms with Gasteiger partial charge in [0.2, 0.25) is 0 Å². The van der Waals surface area contributed by atoms with Gasteiger partial charge in [0.1, 0.15) is 0 Å². The van der Waals surface area contributed by atoms with Crippen molar-refractivity contribution in [2.75, 3.05) is 19.6 Å². The molecule has 0 spiro atoms. The number of carbonyl (C=O) groups is 1. The van der Waals surface area contributed by atoms with Gasteiger partial charge in [-0.05, 0) is 62.2 Å². The number of rotatable bonds is 3. The van der Waals surface area contributed by atoms with Crippen LogP contribution in [-0.4, -0.2) is 31.1 Å². The summed E-state index contributed by atoms with van der Waals surface area (Å²) >= 11 is 0. The summed E-state index contributed by atoms with van der Waals surface area (Å²) in [7, 11) is 0. The summed E-state index contributed by atoms with van der Waals surface area (Å²) < 4.78 is 0. The summed E-state index contributed by atoms with van der Waals surface area (Å²) in [6.45, 7) is 12.4. The Hall–Kier alpha value is -0.570. The third-order valence-corrected chi connectivity index (χ3v) is 7.40. The van der Waals surface area contributed by atoms with E-state index in [-0.39, 0.29) is 16.9 Å². The van der Waals surface area contributed by atoms with E-state index in [9.17, 15) is 4.79 Å². The molecule has 2 aliphatic carbocycles. The summed E-state index contributed by atoms with van der Waals surface area (Å²) in [4.78, 5) is 14.1. The van der Waals surface area contributed by atoms with Gasteiger partial charge in [0.15, 0.2) is 6.54 Å². The van der Waals surface area contributed by atoms with Crippen LogP contribution in [0.1, 0.15) is 59.8 Å². The van der Waals surface area contributed by atoms with Gasteiger partial charge < -0.3 is 10.2 Å². The predicted molar refractivity (Wildman–Crippen MR) is 85.1 cm³/mol. The quantitative estimate of drug-likeness (QED) is 0.815. The van der Waals surface area contributed by atoms with Crippen molar-refractivity contribution in [1.29, 1.82) is 0 Å². The molecule has 0 unspecified atom stereocenters. The van der Waals surface area contributed by atoms with E-state index in [0.717, 1.165) is 11.8 Å². The molecule has 0 aromatic rings. The van der Waals surface area contributed by atoms with Gasteiger partial charge in [-0.25, -0.2) is 0 Å². The molecule has 3 rings (SSSR count). The van der Waals surface area contributed by atoms with Gasteiger partial charge in [-0.2, -0.15) is 0 Å². The molecular formula is C18H33N2O+. The van der Waals surface area contributed by atoms with E-state index < -0.39 is 0 Å². The second kappa shape index (κ2) is 5.26. The number of carbonyl (C=O) groups excluding carboxylic acids is 1. The zero-order chi connectivity index (χ0) is 15.3. The fourth-order valence-electron chi connectivity index (χ4n) is 5.28. The van der Waals surface area contributed by atoms with Crippen molar-refractivity contribution < 1.29 is 9.69 Å². The first kappa shape index (κ1) is 15.3. The van der Waals surface area contributed by atoms with E-state index in [1.54, 1.807) is 0 Å². The second-order valence-corrected chi connectivity index (χ2v) is 8.79. The molecule has 1 amide bonds. The molecule has 3 nitrogen and oxygen atoms in total. The van der Waals surface area contributed by atoms with Gasteiger partial charge in [0, 0.05) is 5.54 Å². The minimum atomic E-state index is 0.00944. The molecule has 0 radical (unpaired) electrons. The number of likely N-dealkylation sites (tertiary alicyclic amines) is 1. The van der Waals surface area contributed by atoms with Crippen LogP contribution in [0.25, 0.3) is 0 Å². The molecule has 1 aliphatic heterocycles. The van der Waals surface area contributed by atoms with Crippen molar-refractivity contribution in [3.05, 3.63) is 0 Å². The monoisotopic (exact) mass is 293 g/mol. The Kier molecular flexibility index (Phi) is 3.84. The molecule has 1 heterocycles. The lowest BCUT2D eigenvalue weighted by Crippen LogP contribution is -3.14. The number of amides is 1. The van der Waals surface area contributed by atoms with Crippen LogP contribution in [0.3, 0.4) is 0 Å². The van der Waals surface area contributed by atoms with Crippen molar-refractivity contribution in [2.24, 2.45) is 23.2 Å². The molecule has 21 heavy (non-hydrogen) atoms. The Morgan fingerprint density at radius 2 is 1.71 bits per heavy atom. The van der Waals surface area contributed by atoms with E-state index in [2.05, 4.69) is 33.0 Å². The first-order valence-corrected chi connectivity index (χ1v) is 8.97. The highest BCUT2D eigenvalue weighted by Gasteiger charge is 2.60. The molecule has 2 N–H and O–H groups in total. The Balaban J connectivity index is 1.59. The molecule has 120 valence electrons. The van der Waals surface area contributed by atoms with Gasteiger partial charge in [0.05, 0.1) is 13.1 Å². The van der Waals surface area contributed by atoms with Gasteiger partial charge in [-0.3, -0.25) is 4.79 Å². The maximum atomic E-state index is 12.6. The maximum Gasteiger partial charge on any atom is 0.275 e. The van der Waals surface area contributed by atoms with Gasteiger partial charge >= 0.3 is 0 Å². The average molecular weight is 293 g/mol. The normalized spacial score (nSPS) is 44.8. The van der Waals surface area contributed by atoms with Gasteiger partial charge in [-0.15, -0.1) is 0 Å². The zero-order valence-electron chi connectivity index (χ0n) is 14.3. The summed E-state index contributed by atoms with van der Waals surface area (Å²) in [6, 6.07) is 0. The first-order valence-electron chi connectivity index (χ1n) is 8.97. The highest BCUT2D eigenvalue weighted by atomic mass is 16.2. The lowest BCUT2D eigenvalue weighted by molar-refractivity contribution is -0.898. The molecule has 3 aliphatic rings. The fraction of sp³-hybridized carbons (Fsp3) is 0.944. The highest BCUT2D eigenvalue weighted by molar-refractivity contribution is 5.78. The van der Waals surface area contributed by atoms with Gasteiger partial charge in [-0.1, -0.05) is 20.8 Å². The molecule has 1 saturated heterocycles. The number of piperidine rings is 1. The first-order chi connectivity index (χ1) is 9.83. The second-order valence-electron chi connectivity index (χ2n) is 8.79. The molecule has 2 saturated carbocycles. The lowest BCUT2D eigenvalue weighted by atomic mass is 9.64. The fourth-order valence-corrected chi connectivity index (χ4v) is 5.28. The van der Waals surface area contributed by atoms with E-state index in [1.165, 1.54) is 50.1 Å². The summed E-state index contributed by atoms with van der Waals surface area (Å²) in [5.41, 5.74) is 0.257. The van der Waals surface area contributed by atoms with Crippen molar-refractivity contribution in [1.82, 2.24) is 5.32 Å². The number of nitrogens with one attached hydrogen (secondary N) is 2. The smallest absolute Gasteiger partial charge is 0.275 e. The van der Waals surface area contributed by atoms with Crippen molar-refractivity contribution in [2.45, 2.75) is 65.3 Å². The van der Waals surface area contributed by atoms with Crippen LogP contribution in [-0.2, 0) is 4.79 Å². The Labute approximate surface area is 129 Å². The SMILES string of the molecule is CC1CC[NH+](CC(=O)N[C@]2(C)[C@H]3CC[C@@H](C3)C2(C)C)CC1. The largest absolute Gasteiger partial charge is 0.345 e. The van der Waals surface area contributed by atoms with Crippen LogP contribution in [0.15, 0.2) is 0 Å². The molecule has 3 fully saturated rings. The topological polar surface area (TPSA) is 33.5 Å². The van der Waals surface area contributed by atoms with Gasteiger partial charge in [0.25, 0.3) is 5.91 Å². The van der Waals surface area contributed by atoms with E-state index >= 15 is 0 Å². The van der Waals surface area contributed by atoms with E-state index in [0.29, 0.717) is 12.5 Å². The van der Waals surface area contributed by atoms with Crippen LogP contribution in [0.5, 0.6) is 0 Å². The lowest BCUT2D eigenvalue weighted by Gasteiger charge is -2.48. The molecule has 2 bridgehead atoms. The highest BCUT2D eigenvalue weighted by Crippen LogP contribution is 2.61. The number of hydrogen-bond acceptors (Lipinski definition) is 1. The molecule has 3 atom stereocenters. The standard InChI is InChI=1S/C18H32N2O/c1-13-7-9-20(10-8-13)12-16(21)19-18(4)15-6-5-14(11-15)17(18,2)3/h13-15H,5-12H2,1-4H3,(H,19,21)/p+1/t14-,15-,18+/m0/s1. The number of hydrogen-bond donors (Lipinski definition) is 2. The van der Waals surface area contributed by atoms with Crippen molar-refractivity contribution in [3.63, 3.8) is 0 Å². The Bertz CT molecular complexity index is 411. The third-order valence-electron chi connectivity index (χ3n) is 7.40. The Morgan fingerprint density at radius 1 is 1.10 bits per heavy atom. The minimum Gasteiger partial charge on any atom is -0.345 e. The maximum absolute atomic E-state index is 12.6. The molecule has 3 heteroatoms. The van der Waals surface area contributed by atoms with Crippen LogP contribution < -0.4 is 10.2 Å². The number of quaternary nitrogens is 1. The van der Waals surface area contributed by atoms with E-state index in [4.69, 9.17) is 0 Å². The minimum absolute atomic E-state index is 0.00944. The number of fused-ring (bicyclic) bond motifs is 2. The average Bonchev–Trinajstić information content (AvgIpc) is 2.96. The molecular weight excluding hydrogens is 260 g/mol. The molecule has 0 aromatic carbocycles. The molecule has 0 aromatic heterocycles. The van der Waals surface area contributed by atoms with Crippen LogP contribution in [0.2, 0.25) is 0 Å². The summed E-state index contributed by atoms with van der Waals surface area (Å²) in [5.74, 6) is 2.62. The van der Waals surface area contributed by atoms with Crippen molar-refractivity contribution >= 4 is 5.91 Å². The summed E-state index contributed by atoms with van der Waals surface area (Å²) in [5, 5.41) is 3.48. The third kappa shape index (κ3) is 2.52. The summed E-state index contributed by atoms with van der Waals surface area (Å²) in [6.07, 6.45) is 6.53. The van der Waals surface area contributed by atoms with Crippen LogP contribution in [0, 0.1) is 23.2 Å². The van der Waals surface area contributed by atoms with Crippen LogP contribution in [0.4, 0.5) is 0 Å².